The van der Waals surface area contributed by atoms with Crippen LogP contribution in [0.25, 0.3) is 0 Å². The fourth-order valence-electron chi connectivity index (χ4n) is 3.26. The van der Waals surface area contributed by atoms with Crippen LogP contribution in [0.3, 0.4) is 0 Å². The molecule has 1 aliphatic carbocycles. The molecule has 3 nitrogen and oxygen atoms in total. The van der Waals surface area contributed by atoms with Crippen LogP contribution in [0.4, 0.5) is 0 Å². The van der Waals surface area contributed by atoms with Gasteiger partial charge in [-0.1, -0.05) is 31.9 Å². The second-order valence-corrected chi connectivity index (χ2v) is 6.34. The molecule has 2 N–H and O–H groups in total. The Morgan fingerprint density at radius 2 is 2.20 bits per heavy atom. The predicted molar refractivity (Wildman–Crippen MR) is 80.8 cm³/mol. The molecular weight excluding hydrogens is 250 g/mol. The molecule has 3 heteroatoms. The van der Waals surface area contributed by atoms with Crippen molar-refractivity contribution in [2.24, 2.45) is 5.92 Å². The number of aliphatic hydroxyl groups is 1. The fraction of sp³-hybridized carbons (Fsp3) is 0.588. The highest BCUT2D eigenvalue weighted by atomic mass is 16.3. The Bertz CT molecular complexity index is 498. The van der Waals surface area contributed by atoms with Crippen molar-refractivity contribution in [1.82, 2.24) is 5.32 Å². The molecule has 1 amide bonds. The highest BCUT2D eigenvalue weighted by Crippen LogP contribution is 2.32. The lowest BCUT2D eigenvalue weighted by atomic mass is 9.76. The smallest absolute Gasteiger partial charge is 0.252 e. The summed E-state index contributed by atoms with van der Waals surface area (Å²) in [6, 6.07) is 5.78. The summed E-state index contributed by atoms with van der Waals surface area (Å²) in [6.07, 6.45) is 3.97. The molecular formula is C17H25NO2. The Morgan fingerprint density at radius 1 is 1.45 bits per heavy atom. The molecule has 0 saturated heterocycles. The van der Waals surface area contributed by atoms with Gasteiger partial charge in [-0.05, 0) is 49.8 Å². The highest BCUT2D eigenvalue weighted by Gasteiger charge is 2.36. The molecule has 1 aliphatic rings. The van der Waals surface area contributed by atoms with Gasteiger partial charge in [-0.3, -0.25) is 4.79 Å². The molecule has 2 unspecified atom stereocenters. The molecule has 0 aromatic heterocycles. The first-order valence-electron chi connectivity index (χ1n) is 7.47. The van der Waals surface area contributed by atoms with E-state index in [0.717, 1.165) is 36.0 Å². The second kappa shape index (κ2) is 5.96. The molecule has 2 rings (SSSR count). The van der Waals surface area contributed by atoms with Gasteiger partial charge in [0, 0.05) is 5.56 Å². The summed E-state index contributed by atoms with van der Waals surface area (Å²) in [4.78, 5) is 12.5. The van der Waals surface area contributed by atoms with E-state index in [1.54, 1.807) is 0 Å². The van der Waals surface area contributed by atoms with E-state index in [9.17, 15) is 9.90 Å². The van der Waals surface area contributed by atoms with Gasteiger partial charge in [0.15, 0.2) is 0 Å². The van der Waals surface area contributed by atoms with Crippen molar-refractivity contribution in [2.75, 3.05) is 6.61 Å². The molecule has 2 atom stereocenters. The first-order chi connectivity index (χ1) is 9.47. The lowest BCUT2D eigenvalue weighted by Crippen LogP contribution is -2.54. The zero-order chi connectivity index (χ0) is 14.8. The van der Waals surface area contributed by atoms with Crippen molar-refractivity contribution < 1.29 is 9.90 Å². The highest BCUT2D eigenvalue weighted by molar-refractivity contribution is 5.96. The van der Waals surface area contributed by atoms with Crippen LogP contribution in [0.2, 0.25) is 0 Å². The first kappa shape index (κ1) is 15.0. The van der Waals surface area contributed by atoms with Crippen molar-refractivity contribution in [1.29, 1.82) is 0 Å². The molecule has 1 fully saturated rings. The zero-order valence-corrected chi connectivity index (χ0v) is 12.7. The van der Waals surface area contributed by atoms with E-state index >= 15 is 0 Å². The average molecular weight is 275 g/mol. The number of rotatable bonds is 3. The third kappa shape index (κ3) is 3.04. The Balaban J connectivity index is 2.19. The molecule has 0 radical (unpaired) electrons. The maximum Gasteiger partial charge on any atom is 0.252 e. The summed E-state index contributed by atoms with van der Waals surface area (Å²) in [6.45, 7) is 6.19. The third-order valence-electron chi connectivity index (χ3n) is 4.62. The van der Waals surface area contributed by atoms with Crippen molar-refractivity contribution in [3.8, 4) is 0 Å². The number of hydrogen-bond donors (Lipinski definition) is 2. The standard InChI is InChI=1S/C17H25NO2/c1-12-6-5-9-17(10-12,11-19)18-16(20)15-8-4-7-13(2)14(15)3/h4,7-8,12,19H,5-6,9-11H2,1-3H3,(H,18,20). The Morgan fingerprint density at radius 3 is 2.85 bits per heavy atom. The SMILES string of the molecule is Cc1cccc(C(=O)NC2(CO)CCCC(C)C2)c1C. The monoisotopic (exact) mass is 275 g/mol. The Labute approximate surface area is 121 Å². The maximum absolute atomic E-state index is 12.5. The number of amides is 1. The van der Waals surface area contributed by atoms with Gasteiger partial charge in [0.25, 0.3) is 5.91 Å². The minimum absolute atomic E-state index is 0.0218. The van der Waals surface area contributed by atoms with Gasteiger partial charge in [-0.2, -0.15) is 0 Å². The van der Waals surface area contributed by atoms with Crippen molar-refractivity contribution in [2.45, 2.75) is 52.0 Å². The summed E-state index contributed by atoms with van der Waals surface area (Å²) in [7, 11) is 0. The van der Waals surface area contributed by atoms with E-state index in [-0.39, 0.29) is 12.5 Å². The molecule has 110 valence electrons. The summed E-state index contributed by atoms with van der Waals surface area (Å²) < 4.78 is 0. The number of carbonyl (C=O) groups excluding carboxylic acids is 1. The average Bonchev–Trinajstić information content (AvgIpc) is 2.41. The fourth-order valence-corrected chi connectivity index (χ4v) is 3.26. The zero-order valence-electron chi connectivity index (χ0n) is 12.7. The molecule has 0 bridgehead atoms. The predicted octanol–water partition coefficient (Wildman–Crippen LogP) is 2.97. The van der Waals surface area contributed by atoms with Crippen LogP contribution < -0.4 is 5.32 Å². The van der Waals surface area contributed by atoms with Crippen LogP contribution >= 0.6 is 0 Å². The molecule has 0 heterocycles. The van der Waals surface area contributed by atoms with Gasteiger partial charge in [-0.15, -0.1) is 0 Å². The van der Waals surface area contributed by atoms with E-state index in [0.29, 0.717) is 5.92 Å². The van der Waals surface area contributed by atoms with Gasteiger partial charge >= 0.3 is 0 Å². The van der Waals surface area contributed by atoms with Gasteiger partial charge < -0.3 is 10.4 Å². The van der Waals surface area contributed by atoms with Gasteiger partial charge in [0.2, 0.25) is 0 Å². The Kier molecular flexibility index (Phi) is 4.48. The molecule has 20 heavy (non-hydrogen) atoms. The molecule has 1 aromatic carbocycles. The van der Waals surface area contributed by atoms with Gasteiger partial charge in [-0.25, -0.2) is 0 Å². The third-order valence-corrected chi connectivity index (χ3v) is 4.62. The summed E-state index contributed by atoms with van der Waals surface area (Å²) in [5.74, 6) is 0.490. The van der Waals surface area contributed by atoms with Crippen LogP contribution in [0.1, 0.15) is 54.1 Å². The van der Waals surface area contributed by atoms with E-state index in [4.69, 9.17) is 0 Å². The molecule has 1 saturated carbocycles. The number of aryl methyl sites for hydroxylation is 1. The quantitative estimate of drug-likeness (QED) is 0.891. The number of nitrogens with one attached hydrogen (secondary N) is 1. The summed E-state index contributed by atoms with van der Waals surface area (Å²) in [5, 5.41) is 12.9. The minimum atomic E-state index is -0.440. The Hall–Kier alpha value is -1.35. The second-order valence-electron chi connectivity index (χ2n) is 6.34. The van der Waals surface area contributed by atoms with Crippen molar-refractivity contribution in [3.63, 3.8) is 0 Å². The van der Waals surface area contributed by atoms with Gasteiger partial charge in [0.05, 0.1) is 12.1 Å². The van der Waals surface area contributed by atoms with Gasteiger partial charge in [0.1, 0.15) is 0 Å². The van der Waals surface area contributed by atoms with Crippen LogP contribution in [0.5, 0.6) is 0 Å². The van der Waals surface area contributed by atoms with Crippen LogP contribution in [-0.4, -0.2) is 23.2 Å². The number of benzene rings is 1. The van der Waals surface area contributed by atoms with Crippen LogP contribution in [0, 0.1) is 19.8 Å². The number of aliphatic hydroxyl groups excluding tert-OH is 1. The van der Waals surface area contributed by atoms with E-state index < -0.39 is 5.54 Å². The summed E-state index contributed by atoms with van der Waals surface area (Å²) >= 11 is 0. The lowest BCUT2D eigenvalue weighted by molar-refractivity contribution is 0.0696. The number of hydrogen-bond acceptors (Lipinski definition) is 2. The maximum atomic E-state index is 12.5. The topological polar surface area (TPSA) is 49.3 Å². The van der Waals surface area contributed by atoms with E-state index in [2.05, 4.69) is 12.2 Å². The van der Waals surface area contributed by atoms with Crippen LogP contribution in [0.15, 0.2) is 18.2 Å². The van der Waals surface area contributed by atoms with E-state index in [1.807, 2.05) is 32.0 Å². The van der Waals surface area contributed by atoms with Crippen molar-refractivity contribution >= 4 is 5.91 Å². The van der Waals surface area contributed by atoms with Crippen LogP contribution in [-0.2, 0) is 0 Å². The number of carbonyl (C=O) groups is 1. The van der Waals surface area contributed by atoms with Crippen molar-refractivity contribution in [3.05, 3.63) is 34.9 Å². The molecule has 0 spiro atoms. The van der Waals surface area contributed by atoms with E-state index in [1.165, 1.54) is 6.42 Å². The first-order valence-corrected chi connectivity index (χ1v) is 7.47. The largest absolute Gasteiger partial charge is 0.394 e. The molecule has 0 aliphatic heterocycles. The molecule has 1 aromatic rings. The minimum Gasteiger partial charge on any atom is -0.394 e. The normalized spacial score (nSPS) is 26.3. The summed E-state index contributed by atoms with van der Waals surface area (Å²) in [5.41, 5.74) is 2.41. The lowest BCUT2D eigenvalue weighted by Gasteiger charge is -2.39.